The van der Waals surface area contributed by atoms with Gasteiger partial charge in [0.25, 0.3) is 0 Å². The molecule has 0 spiro atoms. The molecule has 0 aromatic carbocycles. The van der Waals surface area contributed by atoms with E-state index in [1.807, 2.05) is 13.8 Å². The van der Waals surface area contributed by atoms with E-state index in [9.17, 15) is 14.4 Å². The standard InChI is InChI=1S/C10H13N3O4S.C8H11N3O2S/c1-6-17-8(5-18-6)13-4-3-7(11-9(13)14)12-10(15)16-2;1-5-13-7(4-14-5)11-3-2-6(9)10-8(11)12/h3-4,6,8H,5H2,1-2H3,(H,11,12,14,15);2-3,5,7H,4H2,1H3,(H2,9,10,12). The van der Waals surface area contributed by atoms with Crippen LogP contribution in [0, 0.1) is 0 Å². The lowest BCUT2D eigenvalue weighted by molar-refractivity contribution is 0.0234. The molecular weight excluding hydrogens is 460 g/mol. The van der Waals surface area contributed by atoms with E-state index in [1.165, 1.54) is 22.3 Å². The van der Waals surface area contributed by atoms with Gasteiger partial charge in [-0.3, -0.25) is 14.5 Å². The highest BCUT2D eigenvalue weighted by Crippen LogP contribution is 2.30. The van der Waals surface area contributed by atoms with Crippen LogP contribution in [0.4, 0.5) is 16.4 Å². The quantitative estimate of drug-likeness (QED) is 0.651. The Morgan fingerprint density at radius 1 is 1.06 bits per heavy atom. The Balaban J connectivity index is 0.000000186. The Morgan fingerprint density at radius 3 is 2.03 bits per heavy atom. The zero-order valence-electron chi connectivity index (χ0n) is 17.7. The molecule has 2 saturated heterocycles. The largest absolute Gasteiger partial charge is 0.453 e. The summed E-state index contributed by atoms with van der Waals surface area (Å²) in [6.45, 7) is 3.89. The van der Waals surface area contributed by atoms with Crippen LogP contribution < -0.4 is 22.4 Å². The first-order valence-corrected chi connectivity index (χ1v) is 11.7. The highest BCUT2D eigenvalue weighted by Gasteiger charge is 2.25. The predicted molar refractivity (Wildman–Crippen MR) is 122 cm³/mol. The number of methoxy groups -OCH3 is 1. The van der Waals surface area contributed by atoms with Gasteiger partial charge in [0.05, 0.1) is 7.11 Å². The molecule has 32 heavy (non-hydrogen) atoms. The van der Waals surface area contributed by atoms with Gasteiger partial charge >= 0.3 is 17.5 Å². The summed E-state index contributed by atoms with van der Waals surface area (Å²) in [5, 5.41) is 2.33. The number of thioether (sulfide) groups is 2. The molecule has 4 heterocycles. The molecule has 1 amide bonds. The minimum Gasteiger partial charge on any atom is -0.453 e. The van der Waals surface area contributed by atoms with Crippen molar-refractivity contribution >= 4 is 41.3 Å². The van der Waals surface area contributed by atoms with Crippen molar-refractivity contribution in [1.82, 2.24) is 19.1 Å². The number of carbonyl (C=O) groups is 1. The van der Waals surface area contributed by atoms with Crippen molar-refractivity contribution in [2.75, 3.05) is 29.7 Å². The third kappa shape index (κ3) is 6.25. The highest BCUT2D eigenvalue weighted by molar-refractivity contribution is 8.00. The molecule has 2 aromatic heterocycles. The fourth-order valence-electron chi connectivity index (χ4n) is 2.83. The van der Waals surface area contributed by atoms with E-state index in [1.54, 1.807) is 42.0 Å². The smallest absolute Gasteiger partial charge is 0.412 e. The monoisotopic (exact) mass is 484 g/mol. The van der Waals surface area contributed by atoms with Crippen molar-refractivity contribution in [2.45, 2.75) is 37.2 Å². The van der Waals surface area contributed by atoms with Gasteiger partial charge in [0.15, 0.2) is 0 Å². The first kappa shape index (κ1) is 24.1. The van der Waals surface area contributed by atoms with Crippen molar-refractivity contribution < 1.29 is 19.0 Å². The number of nitrogens with zero attached hydrogens (tertiary/aromatic N) is 4. The molecule has 4 atom stereocenters. The van der Waals surface area contributed by atoms with E-state index in [0.717, 1.165) is 5.75 Å². The molecule has 0 saturated carbocycles. The third-order valence-corrected chi connectivity index (χ3v) is 6.48. The Labute approximate surface area is 191 Å². The van der Waals surface area contributed by atoms with Crippen molar-refractivity contribution in [3.8, 4) is 0 Å². The average molecular weight is 485 g/mol. The number of nitrogens with one attached hydrogen (secondary N) is 1. The summed E-state index contributed by atoms with van der Waals surface area (Å²) in [5.74, 6) is 1.87. The van der Waals surface area contributed by atoms with Crippen LogP contribution >= 0.6 is 23.5 Å². The van der Waals surface area contributed by atoms with E-state index in [-0.39, 0.29) is 40.7 Å². The topological polar surface area (TPSA) is 153 Å². The molecule has 2 fully saturated rings. The van der Waals surface area contributed by atoms with Gasteiger partial charge in [0, 0.05) is 23.9 Å². The van der Waals surface area contributed by atoms with E-state index < -0.39 is 11.8 Å². The summed E-state index contributed by atoms with van der Waals surface area (Å²) < 4.78 is 18.3. The molecule has 3 N–H and O–H groups in total. The molecule has 0 aliphatic carbocycles. The first-order chi connectivity index (χ1) is 15.3. The number of hydrogen-bond acceptors (Lipinski definition) is 11. The minimum atomic E-state index is -0.666. The molecule has 174 valence electrons. The Kier molecular flexibility index (Phi) is 8.17. The van der Waals surface area contributed by atoms with Crippen LogP contribution in [0.3, 0.4) is 0 Å². The van der Waals surface area contributed by atoms with Gasteiger partial charge in [-0.25, -0.2) is 14.4 Å². The van der Waals surface area contributed by atoms with Crippen LogP contribution in [0.2, 0.25) is 0 Å². The van der Waals surface area contributed by atoms with Gasteiger partial charge in [-0.15, -0.1) is 23.5 Å². The zero-order chi connectivity index (χ0) is 23.3. The number of anilines is 2. The van der Waals surface area contributed by atoms with E-state index in [4.69, 9.17) is 15.2 Å². The maximum atomic E-state index is 11.8. The lowest BCUT2D eigenvalue weighted by atomic mass is 10.5. The molecule has 4 rings (SSSR count). The molecule has 0 radical (unpaired) electrons. The Morgan fingerprint density at radius 2 is 1.59 bits per heavy atom. The number of carbonyl (C=O) groups excluding carboxylic acids is 1. The van der Waals surface area contributed by atoms with Gasteiger partial charge in [-0.1, -0.05) is 0 Å². The van der Waals surface area contributed by atoms with Crippen molar-refractivity contribution in [3.05, 3.63) is 45.5 Å². The van der Waals surface area contributed by atoms with E-state index in [2.05, 4.69) is 20.0 Å². The number of amides is 1. The summed E-state index contributed by atoms with van der Waals surface area (Å²) >= 11 is 3.30. The lowest BCUT2D eigenvalue weighted by Crippen LogP contribution is -2.29. The van der Waals surface area contributed by atoms with E-state index >= 15 is 0 Å². The number of hydrogen-bond donors (Lipinski definition) is 2. The van der Waals surface area contributed by atoms with Crippen molar-refractivity contribution in [2.24, 2.45) is 0 Å². The molecular formula is C18H24N6O6S2. The molecule has 2 aliphatic heterocycles. The van der Waals surface area contributed by atoms with Crippen LogP contribution in [0.15, 0.2) is 34.1 Å². The van der Waals surface area contributed by atoms with Gasteiger partial charge in [0.1, 0.15) is 35.0 Å². The molecule has 2 aromatic rings. The number of nitrogen functional groups attached to an aromatic ring is 1. The second-order valence-electron chi connectivity index (χ2n) is 6.64. The fraction of sp³-hybridized carbons (Fsp3) is 0.500. The molecule has 14 heteroatoms. The van der Waals surface area contributed by atoms with Crippen LogP contribution in [0.1, 0.15) is 26.3 Å². The van der Waals surface area contributed by atoms with Crippen LogP contribution in [-0.4, -0.2) is 54.7 Å². The van der Waals surface area contributed by atoms with Crippen molar-refractivity contribution in [3.63, 3.8) is 0 Å². The normalized spacial score (nSPS) is 24.5. The second-order valence-corrected chi connectivity index (χ2v) is 9.31. The minimum absolute atomic E-state index is 0.0646. The molecule has 12 nitrogen and oxygen atoms in total. The van der Waals surface area contributed by atoms with Crippen LogP contribution in [0.25, 0.3) is 0 Å². The maximum absolute atomic E-state index is 11.8. The second kappa shape index (κ2) is 10.8. The third-order valence-electron chi connectivity index (χ3n) is 4.36. The summed E-state index contributed by atoms with van der Waals surface area (Å²) in [7, 11) is 1.24. The predicted octanol–water partition coefficient (Wildman–Crippen LogP) is 1.46. The number of nitrogens with two attached hydrogens (primary N) is 1. The van der Waals surface area contributed by atoms with E-state index in [0.29, 0.717) is 5.75 Å². The van der Waals surface area contributed by atoms with Gasteiger partial charge in [-0.05, 0) is 26.0 Å². The molecule has 4 unspecified atom stereocenters. The highest BCUT2D eigenvalue weighted by atomic mass is 32.2. The lowest BCUT2D eigenvalue weighted by Gasteiger charge is -2.13. The number of ether oxygens (including phenoxy) is 3. The summed E-state index contributed by atoms with van der Waals surface area (Å²) in [6, 6.07) is 3.12. The van der Waals surface area contributed by atoms with Crippen LogP contribution in [0.5, 0.6) is 0 Å². The molecule has 0 bridgehead atoms. The first-order valence-electron chi connectivity index (χ1n) is 9.59. The maximum Gasteiger partial charge on any atom is 0.412 e. The summed E-state index contributed by atoms with van der Waals surface area (Å²) in [5.41, 5.74) is 4.75. The average Bonchev–Trinajstić information content (AvgIpc) is 3.37. The number of rotatable bonds is 3. The Bertz CT molecular complexity index is 1060. The Hall–Kier alpha value is -2.55. The van der Waals surface area contributed by atoms with Gasteiger partial charge in [0.2, 0.25) is 0 Å². The molecule has 2 aliphatic rings. The summed E-state index contributed by atoms with van der Waals surface area (Å²) in [4.78, 5) is 41.5. The van der Waals surface area contributed by atoms with Gasteiger partial charge in [-0.2, -0.15) is 9.97 Å². The fourth-order valence-corrected chi connectivity index (χ4v) is 4.59. The van der Waals surface area contributed by atoms with Gasteiger partial charge < -0.3 is 19.9 Å². The van der Waals surface area contributed by atoms with Crippen molar-refractivity contribution in [1.29, 1.82) is 0 Å². The summed E-state index contributed by atoms with van der Waals surface area (Å²) in [6.07, 6.45) is 1.98. The zero-order valence-corrected chi connectivity index (χ0v) is 19.3. The SMILES string of the molecule is CC1OC(n2ccc(N)nc2=O)CS1.COC(=O)Nc1ccn(C2CSC(C)O2)c(=O)n1. The number of aromatic nitrogens is 4. The van der Waals surface area contributed by atoms with Crippen LogP contribution in [-0.2, 0) is 14.2 Å².